The van der Waals surface area contributed by atoms with E-state index in [1.807, 2.05) is 0 Å². The Hall–Kier alpha value is -0.860. The van der Waals surface area contributed by atoms with Crippen molar-refractivity contribution in [3.05, 3.63) is 0 Å². The number of amides is 1. The summed E-state index contributed by atoms with van der Waals surface area (Å²) in [6.07, 6.45) is 6.69. The van der Waals surface area contributed by atoms with Crippen molar-refractivity contribution >= 4 is 11.7 Å². The van der Waals surface area contributed by atoms with Gasteiger partial charge in [-0.25, -0.2) is 0 Å². The van der Waals surface area contributed by atoms with E-state index in [2.05, 4.69) is 6.92 Å². The summed E-state index contributed by atoms with van der Waals surface area (Å²) in [5.74, 6) is -0.455. The molecule has 0 aromatic rings. The van der Waals surface area contributed by atoms with Crippen LogP contribution in [0.4, 0.5) is 0 Å². The first-order chi connectivity index (χ1) is 7.11. The third kappa shape index (κ3) is 2.21. The summed E-state index contributed by atoms with van der Waals surface area (Å²) in [5, 5.41) is 0. The van der Waals surface area contributed by atoms with Crippen LogP contribution in [0.2, 0.25) is 0 Å². The van der Waals surface area contributed by atoms with Crippen LogP contribution in [0, 0.1) is 5.41 Å². The van der Waals surface area contributed by atoms with Gasteiger partial charge >= 0.3 is 0 Å². The summed E-state index contributed by atoms with van der Waals surface area (Å²) < 4.78 is 0. The quantitative estimate of drug-likeness (QED) is 0.664. The van der Waals surface area contributed by atoms with E-state index in [4.69, 9.17) is 0 Å². The highest BCUT2D eigenvalue weighted by Crippen LogP contribution is 2.40. The van der Waals surface area contributed by atoms with E-state index in [9.17, 15) is 9.59 Å². The van der Waals surface area contributed by atoms with Crippen LogP contribution >= 0.6 is 0 Å². The Morgan fingerprint density at radius 1 is 1.27 bits per heavy atom. The molecule has 2 rings (SSSR count). The number of likely N-dealkylation sites (tertiary alicyclic amines) is 1. The molecule has 0 radical (unpaired) electrons. The average molecular weight is 209 g/mol. The van der Waals surface area contributed by atoms with Crippen molar-refractivity contribution in [2.45, 2.75) is 45.4 Å². The lowest BCUT2D eigenvalue weighted by atomic mass is 9.85. The number of hydrogen-bond donors (Lipinski definition) is 0. The van der Waals surface area contributed by atoms with Crippen molar-refractivity contribution in [1.82, 2.24) is 4.90 Å². The molecule has 0 unspecified atom stereocenters. The molecule has 0 spiro atoms. The molecule has 1 aliphatic heterocycles. The van der Waals surface area contributed by atoms with Crippen molar-refractivity contribution in [2.75, 3.05) is 13.1 Å². The molecule has 3 nitrogen and oxygen atoms in total. The fourth-order valence-corrected chi connectivity index (χ4v) is 2.72. The molecule has 3 heteroatoms. The monoisotopic (exact) mass is 209 g/mol. The minimum absolute atomic E-state index is 0.202. The zero-order valence-electron chi connectivity index (χ0n) is 9.42. The average Bonchev–Trinajstić information content (AvgIpc) is 2.75. The maximum Gasteiger partial charge on any atom is 0.290 e. The maximum atomic E-state index is 11.4. The Morgan fingerprint density at radius 3 is 2.47 bits per heavy atom. The number of ketones is 1. The Labute approximate surface area is 90.8 Å². The molecule has 2 fully saturated rings. The van der Waals surface area contributed by atoms with E-state index in [0.717, 1.165) is 13.0 Å². The zero-order valence-corrected chi connectivity index (χ0v) is 9.42. The molecule has 0 bridgehead atoms. The van der Waals surface area contributed by atoms with E-state index < -0.39 is 0 Å². The largest absolute Gasteiger partial charge is 0.336 e. The number of hydrogen-bond acceptors (Lipinski definition) is 2. The topological polar surface area (TPSA) is 37.4 Å². The van der Waals surface area contributed by atoms with Crippen LogP contribution < -0.4 is 0 Å². The summed E-state index contributed by atoms with van der Waals surface area (Å²) in [6.45, 7) is 3.73. The molecule has 15 heavy (non-hydrogen) atoms. The molecular formula is C12H19NO2. The van der Waals surface area contributed by atoms with E-state index in [1.165, 1.54) is 25.7 Å². The first-order valence-corrected chi connectivity index (χ1v) is 5.93. The number of carbonyl (C=O) groups is 2. The van der Waals surface area contributed by atoms with Gasteiger partial charge in [0.25, 0.3) is 5.91 Å². The predicted molar refractivity (Wildman–Crippen MR) is 57.4 cm³/mol. The molecule has 0 aromatic heterocycles. The molecule has 1 aliphatic carbocycles. The lowest BCUT2D eigenvalue weighted by molar-refractivity contribution is -0.140. The molecular weight excluding hydrogens is 190 g/mol. The normalized spacial score (nSPS) is 25.3. The maximum absolute atomic E-state index is 11.4. The second-order valence-corrected chi connectivity index (χ2v) is 5.23. The van der Waals surface area contributed by atoms with Crippen molar-refractivity contribution in [2.24, 2.45) is 5.41 Å². The van der Waals surface area contributed by atoms with Gasteiger partial charge in [0.15, 0.2) is 0 Å². The number of rotatable bonds is 3. The number of carbonyl (C=O) groups excluding carboxylic acids is 2. The van der Waals surface area contributed by atoms with Gasteiger partial charge in [-0.2, -0.15) is 0 Å². The van der Waals surface area contributed by atoms with Crippen LogP contribution in [0.1, 0.15) is 45.4 Å². The van der Waals surface area contributed by atoms with E-state index in [1.54, 1.807) is 4.90 Å². The molecule has 1 heterocycles. The Morgan fingerprint density at radius 2 is 1.93 bits per heavy atom. The number of nitrogens with zero attached hydrogens (tertiary/aromatic N) is 1. The molecule has 1 amide bonds. The van der Waals surface area contributed by atoms with Crippen LogP contribution in [0.3, 0.4) is 0 Å². The third-order valence-corrected chi connectivity index (χ3v) is 3.93. The van der Waals surface area contributed by atoms with Gasteiger partial charge in [-0.15, -0.1) is 0 Å². The molecule has 0 atom stereocenters. The van der Waals surface area contributed by atoms with Crippen LogP contribution in [0.5, 0.6) is 0 Å². The molecule has 2 aliphatic rings. The van der Waals surface area contributed by atoms with Gasteiger partial charge in [0.05, 0.1) is 0 Å². The van der Waals surface area contributed by atoms with Gasteiger partial charge in [0.2, 0.25) is 5.78 Å². The van der Waals surface area contributed by atoms with Crippen molar-refractivity contribution in [3.8, 4) is 0 Å². The highest BCUT2D eigenvalue weighted by molar-refractivity contribution is 6.37. The molecule has 1 saturated heterocycles. The lowest BCUT2D eigenvalue weighted by Crippen LogP contribution is -2.31. The number of Topliss-reactive ketones (excluding diaryl/α,β-unsaturated/α-hetero) is 1. The minimum atomic E-state index is -0.253. The smallest absolute Gasteiger partial charge is 0.290 e. The summed E-state index contributed by atoms with van der Waals surface area (Å²) >= 11 is 0. The zero-order chi connectivity index (χ0) is 10.9. The highest BCUT2D eigenvalue weighted by atomic mass is 16.2. The van der Waals surface area contributed by atoms with Crippen molar-refractivity contribution < 1.29 is 9.59 Å². The second-order valence-electron chi connectivity index (χ2n) is 5.23. The van der Waals surface area contributed by atoms with Gasteiger partial charge in [0, 0.05) is 19.5 Å². The van der Waals surface area contributed by atoms with Gasteiger partial charge in [-0.05, 0) is 24.7 Å². The summed E-state index contributed by atoms with van der Waals surface area (Å²) in [5.41, 5.74) is 0.423. The van der Waals surface area contributed by atoms with Crippen LogP contribution in [-0.2, 0) is 9.59 Å². The molecule has 0 N–H and O–H groups in total. The second kappa shape index (κ2) is 3.95. The lowest BCUT2D eigenvalue weighted by Gasteiger charge is -2.26. The SMILES string of the molecule is CC1(CCN2CCC(=O)C2=O)CCCC1. The van der Waals surface area contributed by atoms with Gasteiger partial charge in [-0.1, -0.05) is 19.8 Å². The van der Waals surface area contributed by atoms with E-state index in [0.29, 0.717) is 18.4 Å². The van der Waals surface area contributed by atoms with E-state index in [-0.39, 0.29) is 11.7 Å². The fourth-order valence-electron chi connectivity index (χ4n) is 2.72. The Kier molecular flexibility index (Phi) is 2.81. The van der Waals surface area contributed by atoms with E-state index >= 15 is 0 Å². The van der Waals surface area contributed by atoms with Crippen molar-refractivity contribution in [3.63, 3.8) is 0 Å². The summed E-state index contributed by atoms with van der Waals surface area (Å²) in [4.78, 5) is 24.2. The Balaban J connectivity index is 1.83. The molecule has 84 valence electrons. The van der Waals surface area contributed by atoms with Gasteiger partial charge < -0.3 is 4.90 Å². The summed E-state index contributed by atoms with van der Waals surface area (Å²) in [6, 6.07) is 0. The van der Waals surface area contributed by atoms with Gasteiger partial charge in [-0.3, -0.25) is 9.59 Å². The van der Waals surface area contributed by atoms with Crippen LogP contribution in [-0.4, -0.2) is 29.7 Å². The molecule has 0 aromatic carbocycles. The van der Waals surface area contributed by atoms with Crippen LogP contribution in [0.25, 0.3) is 0 Å². The molecule has 1 saturated carbocycles. The Bertz CT molecular complexity index is 279. The van der Waals surface area contributed by atoms with Gasteiger partial charge in [0.1, 0.15) is 0 Å². The van der Waals surface area contributed by atoms with Crippen LogP contribution in [0.15, 0.2) is 0 Å². The van der Waals surface area contributed by atoms with Crippen molar-refractivity contribution in [1.29, 1.82) is 0 Å². The predicted octanol–water partition coefficient (Wildman–Crippen LogP) is 1.76. The third-order valence-electron chi connectivity index (χ3n) is 3.93. The first-order valence-electron chi connectivity index (χ1n) is 5.93. The standard InChI is InChI=1S/C12H19NO2/c1-12(5-2-3-6-12)7-9-13-8-4-10(14)11(13)15/h2-9H2,1H3. The first kappa shape index (κ1) is 10.7. The fraction of sp³-hybridized carbons (Fsp3) is 0.833. The minimum Gasteiger partial charge on any atom is -0.336 e. The summed E-state index contributed by atoms with van der Waals surface area (Å²) in [7, 11) is 0. The highest BCUT2D eigenvalue weighted by Gasteiger charge is 2.33.